The summed E-state index contributed by atoms with van der Waals surface area (Å²) in [5.74, 6) is 0.263. The number of ether oxygens (including phenoxy) is 1. The number of hydrogen-bond acceptors (Lipinski definition) is 4. The van der Waals surface area contributed by atoms with Crippen LogP contribution < -0.4 is 61.2 Å². The monoisotopic (exact) mass is 430 g/mol. The minimum atomic E-state index is -4.47. The largest absolute Gasteiger partial charge is 1.00 e. The van der Waals surface area contributed by atoms with Crippen LogP contribution in [0.4, 0.5) is 0 Å². The summed E-state index contributed by atoms with van der Waals surface area (Å²) < 4.78 is 37.9. The molecule has 0 aliphatic heterocycles. The molecule has 2 aromatic rings. The van der Waals surface area contributed by atoms with Crippen LogP contribution in [0.1, 0.15) is 57.4 Å². The van der Waals surface area contributed by atoms with E-state index in [1.54, 1.807) is 24.3 Å². The van der Waals surface area contributed by atoms with Crippen molar-refractivity contribution < 1.29 is 74.2 Å². The van der Waals surface area contributed by atoms with E-state index in [0.717, 1.165) is 25.3 Å². The molecule has 0 fully saturated rings. The van der Waals surface area contributed by atoms with Crippen LogP contribution in [0, 0.1) is 0 Å². The van der Waals surface area contributed by atoms with Gasteiger partial charge in [-0.1, -0.05) is 63.6 Å². The second-order valence-electron chi connectivity index (χ2n) is 6.66. The second kappa shape index (κ2) is 13.0. The van der Waals surface area contributed by atoms with Crippen molar-refractivity contribution in [1.29, 1.82) is 0 Å². The topological polar surface area (TPSA) is 86.7 Å². The minimum Gasteiger partial charge on any atom is -0.872 e. The van der Waals surface area contributed by atoms with Gasteiger partial charge in [-0.2, -0.15) is 8.42 Å². The predicted molar refractivity (Wildman–Crippen MR) is 104 cm³/mol. The van der Waals surface area contributed by atoms with Gasteiger partial charge in [0, 0.05) is 6.07 Å². The SMILES string of the molecule is CCCCCCCCCc1c([O-])cc(S(=O)(=O)O)cc1Oc1ccccc1.[K+]. The van der Waals surface area contributed by atoms with Crippen molar-refractivity contribution >= 4 is 10.1 Å². The van der Waals surface area contributed by atoms with Crippen LogP contribution in [0.15, 0.2) is 47.4 Å². The molecule has 0 unspecified atom stereocenters. The van der Waals surface area contributed by atoms with Gasteiger partial charge in [-0.3, -0.25) is 4.55 Å². The van der Waals surface area contributed by atoms with Crippen LogP contribution in [0.5, 0.6) is 17.2 Å². The molecule has 28 heavy (non-hydrogen) atoms. The van der Waals surface area contributed by atoms with Gasteiger partial charge in [0.2, 0.25) is 0 Å². The van der Waals surface area contributed by atoms with Gasteiger partial charge in [0.15, 0.2) is 0 Å². The standard InChI is InChI=1S/C21H28O5S.K/c1-2-3-4-5-6-7-11-14-19-20(22)15-18(27(23,24)25)16-21(19)26-17-12-9-8-10-13-17;/h8-10,12-13,15-16,22H,2-7,11,14H2,1H3,(H,23,24,25);/q;+1/p-1. The molecular formula is C21H27KO5S. The number of benzene rings is 2. The normalized spacial score (nSPS) is 11.1. The Labute approximate surface area is 210 Å². The van der Waals surface area contributed by atoms with E-state index in [1.807, 2.05) is 6.07 Å². The number of rotatable bonds is 11. The molecule has 0 heterocycles. The molecule has 0 aliphatic rings. The molecule has 0 aliphatic carbocycles. The van der Waals surface area contributed by atoms with E-state index in [4.69, 9.17) is 4.74 Å². The van der Waals surface area contributed by atoms with E-state index in [9.17, 15) is 18.1 Å². The maximum atomic E-state index is 12.4. The van der Waals surface area contributed by atoms with Crippen LogP contribution in [0.3, 0.4) is 0 Å². The van der Waals surface area contributed by atoms with Gasteiger partial charge in [-0.05, 0) is 36.6 Å². The molecule has 2 aromatic carbocycles. The first-order valence-electron chi connectivity index (χ1n) is 9.46. The molecule has 5 nitrogen and oxygen atoms in total. The van der Waals surface area contributed by atoms with Gasteiger partial charge in [-0.15, -0.1) is 5.75 Å². The zero-order valence-corrected chi connectivity index (χ0v) is 20.6. The first-order valence-corrected chi connectivity index (χ1v) is 10.9. The Kier molecular flexibility index (Phi) is 11.9. The molecular weight excluding hydrogens is 403 g/mol. The summed E-state index contributed by atoms with van der Waals surface area (Å²) in [5, 5.41) is 12.4. The van der Waals surface area contributed by atoms with Crippen molar-refractivity contribution in [2.75, 3.05) is 0 Å². The Bertz CT molecular complexity index is 822. The van der Waals surface area contributed by atoms with E-state index >= 15 is 0 Å². The van der Waals surface area contributed by atoms with Gasteiger partial charge in [0.25, 0.3) is 10.1 Å². The molecule has 0 aromatic heterocycles. The summed E-state index contributed by atoms with van der Waals surface area (Å²) in [6.07, 6.45) is 8.34. The van der Waals surface area contributed by atoms with Crippen molar-refractivity contribution in [1.82, 2.24) is 0 Å². The van der Waals surface area contributed by atoms with E-state index in [-0.39, 0.29) is 57.1 Å². The fraction of sp³-hybridized carbons (Fsp3) is 0.429. The summed E-state index contributed by atoms with van der Waals surface area (Å²) >= 11 is 0. The molecule has 0 radical (unpaired) electrons. The molecule has 148 valence electrons. The fourth-order valence-corrected chi connectivity index (χ4v) is 3.47. The maximum Gasteiger partial charge on any atom is 1.00 e. The smallest absolute Gasteiger partial charge is 0.872 e. The number of unbranched alkanes of at least 4 members (excludes halogenated alkanes) is 6. The Morgan fingerprint density at radius 1 is 0.964 bits per heavy atom. The van der Waals surface area contributed by atoms with Gasteiger partial charge in [-0.25, -0.2) is 0 Å². The third kappa shape index (κ3) is 8.53. The molecule has 0 saturated heterocycles. The Morgan fingerprint density at radius 3 is 2.18 bits per heavy atom. The van der Waals surface area contributed by atoms with Crippen molar-refractivity contribution in [3.63, 3.8) is 0 Å². The van der Waals surface area contributed by atoms with Crippen molar-refractivity contribution in [3.05, 3.63) is 48.0 Å². The first kappa shape index (κ1) is 25.6. The van der Waals surface area contributed by atoms with Crippen molar-refractivity contribution in [3.8, 4) is 17.2 Å². The minimum absolute atomic E-state index is 0. The quantitative estimate of drug-likeness (QED) is 0.335. The Morgan fingerprint density at radius 2 is 1.57 bits per heavy atom. The predicted octanol–water partition coefficient (Wildman–Crippen LogP) is 2.10. The number of hydrogen-bond donors (Lipinski definition) is 1. The first-order chi connectivity index (χ1) is 12.9. The summed E-state index contributed by atoms with van der Waals surface area (Å²) in [7, 11) is -4.47. The van der Waals surface area contributed by atoms with Gasteiger partial charge < -0.3 is 9.84 Å². The maximum absolute atomic E-state index is 12.4. The Balaban J connectivity index is 0.00000392. The van der Waals surface area contributed by atoms with Crippen molar-refractivity contribution in [2.24, 2.45) is 0 Å². The number of para-hydroxylation sites is 1. The summed E-state index contributed by atoms with van der Waals surface area (Å²) in [6, 6.07) is 11.0. The third-order valence-corrected chi connectivity index (χ3v) is 5.27. The third-order valence-electron chi connectivity index (χ3n) is 4.44. The van der Waals surface area contributed by atoms with Crippen LogP contribution in [0.25, 0.3) is 0 Å². The summed E-state index contributed by atoms with van der Waals surface area (Å²) in [4.78, 5) is -0.443. The molecule has 0 bridgehead atoms. The van der Waals surface area contributed by atoms with E-state index in [1.165, 1.54) is 31.7 Å². The Hall–Kier alpha value is -0.414. The molecule has 1 N–H and O–H groups in total. The van der Waals surface area contributed by atoms with Gasteiger partial charge >= 0.3 is 51.4 Å². The van der Waals surface area contributed by atoms with Crippen LogP contribution >= 0.6 is 0 Å². The molecule has 0 saturated carbocycles. The summed E-state index contributed by atoms with van der Waals surface area (Å²) in [6.45, 7) is 2.18. The average molecular weight is 431 g/mol. The van der Waals surface area contributed by atoms with E-state index in [2.05, 4.69) is 6.92 Å². The van der Waals surface area contributed by atoms with Gasteiger partial charge in [0.05, 0.1) is 4.90 Å². The van der Waals surface area contributed by atoms with Crippen LogP contribution in [0.2, 0.25) is 0 Å². The molecule has 2 rings (SSSR count). The van der Waals surface area contributed by atoms with Crippen LogP contribution in [-0.4, -0.2) is 13.0 Å². The average Bonchev–Trinajstić information content (AvgIpc) is 2.62. The molecule has 0 atom stereocenters. The molecule has 0 spiro atoms. The van der Waals surface area contributed by atoms with Crippen LogP contribution in [-0.2, 0) is 16.5 Å². The second-order valence-corrected chi connectivity index (χ2v) is 8.08. The van der Waals surface area contributed by atoms with Crippen molar-refractivity contribution in [2.45, 2.75) is 63.2 Å². The fourth-order valence-electron chi connectivity index (χ4n) is 2.96. The molecule has 7 heteroatoms. The zero-order valence-electron chi connectivity index (χ0n) is 16.7. The van der Waals surface area contributed by atoms with E-state index < -0.39 is 20.8 Å². The zero-order chi connectivity index (χ0) is 19.7. The van der Waals surface area contributed by atoms with E-state index in [0.29, 0.717) is 17.7 Å². The van der Waals surface area contributed by atoms with Gasteiger partial charge in [0.1, 0.15) is 11.5 Å². The summed E-state index contributed by atoms with van der Waals surface area (Å²) in [5.41, 5.74) is 0.444. The molecule has 0 amide bonds.